The summed E-state index contributed by atoms with van der Waals surface area (Å²) in [6, 6.07) is 14.8. The van der Waals surface area contributed by atoms with E-state index in [2.05, 4.69) is 15.7 Å². The molecule has 0 saturated carbocycles. The van der Waals surface area contributed by atoms with E-state index >= 15 is 0 Å². The summed E-state index contributed by atoms with van der Waals surface area (Å²) in [5, 5.41) is 10.1. The number of para-hydroxylation sites is 1. The number of carbonyl (C=O) groups is 2. The van der Waals surface area contributed by atoms with Crippen LogP contribution in [0.3, 0.4) is 0 Å². The molecule has 2 aromatic heterocycles. The molecular weight excluding hydrogens is 449 g/mol. The Kier molecular flexibility index (Phi) is 5.35. The number of furan rings is 1. The van der Waals surface area contributed by atoms with Crippen LogP contribution in [0.4, 0.5) is 19.0 Å². The number of rotatable bonds is 5. The molecular formula is C24H19F3N4O3. The number of benzene rings is 2. The van der Waals surface area contributed by atoms with E-state index in [-0.39, 0.29) is 30.1 Å². The van der Waals surface area contributed by atoms with Crippen LogP contribution in [-0.4, -0.2) is 34.2 Å². The minimum absolute atomic E-state index is 0.0453. The van der Waals surface area contributed by atoms with Gasteiger partial charge in [0.2, 0.25) is 5.78 Å². The molecule has 2 aromatic carbocycles. The highest BCUT2D eigenvalue weighted by molar-refractivity contribution is 6.04. The molecule has 1 amide bonds. The highest BCUT2D eigenvalue weighted by atomic mass is 19.4. The number of hydrogen-bond acceptors (Lipinski definition) is 5. The maximum atomic E-state index is 13.8. The molecule has 2 unspecified atom stereocenters. The van der Waals surface area contributed by atoms with Crippen LogP contribution in [0.2, 0.25) is 0 Å². The van der Waals surface area contributed by atoms with Crippen molar-refractivity contribution < 1.29 is 27.2 Å². The Balaban J connectivity index is 1.37. The number of carbonyl (C=O) groups excluding carboxylic acids is 2. The smallest absolute Gasteiger partial charge is 0.410 e. The lowest BCUT2D eigenvalue weighted by Crippen LogP contribution is -2.37. The lowest BCUT2D eigenvalue weighted by Gasteiger charge is -2.34. The minimum atomic E-state index is -4.55. The molecule has 174 valence electrons. The maximum absolute atomic E-state index is 13.8. The van der Waals surface area contributed by atoms with Crippen LogP contribution in [0.5, 0.6) is 0 Å². The van der Waals surface area contributed by atoms with Crippen LogP contribution >= 0.6 is 0 Å². The lowest BCUT2D eigenvalue weighted by molar-refractivity contribution is -0.173. The number of Topliss-reactive ketones (excluding diaryl/α,β-unsaturated/α-hetero) is 1. The van der Waals surface area contributed by atoms with Crippen molar-refractivity contribution in [3.8, 4) is 0 Å². The molecule has 3 heterocycles. The van der Waals surface area contributed by atoms with Gasteiger partial charge in [-0.3, -0.25) is 9.59 Å². The van der Waals surface area contributed by atoms with Gasteiger partial charge in [0.1, 0.15) is 17.0 Å². The summed E-state index contributed by atoms with van der Waals surface area (Å²) in [5.41, 5.74) is 1.13. The topological polar surface area (TPSA) is 89.2 Å². The standard InChI is InChI=1S/C24H19F3N4O3/c25-24(26,27)21-11-17(14-6-2-1-3-7-14)30-22-16(12-29-31(21)22)23(33)28-13-18(32)20-10-15-8-4-5-9-19(15)34-20/h1-10,12,17,21,30H,11,13H2,(H,28,33). The number of aromatic nitrogens is 2. The van der Waals surface area contributed by atoms with Crippen molar-refractivity contribution in [2.75, 3.05) is 11.9 Å². The zero-order valence-electron chi connectivity index (χ0n) is 17.7. The van der Waals surface area contributed by atoms with Gasteiger partial charge in [-0.05, 0) is 17.7 Å². The van der Waals surface area contributed by atoms with E-state index in [1.54, 1.807) is 60.7 Å². The highest BCUT2D eigenvalue weighted by Crippen LogP contribution is 2.44. The van der Waals surface area contributed by atoms with E-state index in [1.807, 2.05) is 0 Å². The first kappa shape index (κ1) is 21.7. The van der Waals surface area contributed by atoms with Gasteiger partial charge in [-0.25, -0.2) is 4.68 Å². The Bertz CT molecular complexity index is 1330. The van der Waals surface area contributed by atoms with Crippen molar-refractivity contribution in [1.29, 1.82) is 0 Å². The number of nitrogens with zero attached hydrogens (tertiary/aromatic N) is 2. The van der Waals surface area contributed by atoms with Gasteiger partial charge >= 0.3 is 6.18 Å². The second kappa shape index (κ2) is 8.36. The Morgan fingerprint density at radius 3 is 2.59 bits per heavy atom. The molecule has 2 N–H and O–H groups in total. The predicted molar refractivity (Wildman–Crippen MR) is 118 cm³/mol. The third-order valence-electron chi connectivity index (χ3n) is 5.79. The zero-order valence-corrected chi connectivity index (χ0v) is 17.7. The third kappa shape index (κ3) is 4.02. The number of hydrogen-bond donors (Lipinski definition) is 2. The van der Waals surface area contributed by atoms with E-state index in [4.69, 9.17) is 4.42 Å². The molecule has 7 nitrogen and oxygen atoms in total. The van der Waals surface area contributed by atoms with E-state index in [0.717, 1.165) is 16.3 Å². The molecule has 0 bridgehead atoms. The molecule has 10 heteroatoms. The second-order valence-corrected chi connectivity index (χ2v) is 8.01. The fourth-order valence-electron chi connectivity index (χ4n) is 4.09. The van der Waals surface area contributed by atoms with Crippen LogP contribution in [0, 0.1) is 0 Å². The van der Waals surface area contributed by atoms with Crippen LogP contribution in [0.25, 0.3) is 11.0 Å². The van der Waals surface area contributed by atoms with Crippen molar-refractivity contribution in [3.05, 3.63) is 83.7 Å². The third-order valence-corrected chi connectivity index (χ3v) is 5.79. The number of anilines is 1. The van der Waals surface area contributed by atoms with Crippen molar-refractivity contribution >= 4 is 28.5 Å². The van der Waals surface area contributed by atoms with Crippen molar-refractivity contribution in [2.24, 2.45) is 0 Å². The molecule has 5 rings (SSSR count). The van der Waals surface area contributed by atoms with E-state index in [1.165, 1.54) is 0 Å². The monoisotopic (exact) mass is 468 g/mol. The summed E-state index contributed by atoms with van der Waals surface area (Å²) in [5.74, 6) is -1.14. The average Bonchev–Trinajstić information content (AvgIpc) is 3.46. The number of ketones is 1. The summed E-state index contributed by atoms with van der Waals surface area (Å²) < 4.78 is 47.7. The molecule has 0 fully saturated rings. The molecule has 4 aromatic rings. The molecule has 2 atom stereocenters. The fourth-order valence-corrected chi connectivity index (χ4v) is 4.09. The average molecular weight is 468 g/mol. The first-order chi connectivity index (χ1) is 16.3. The minimum Gasteiger partial charge on any atom is -0.453 e. The molecule has 0 radical (unpaired) electrons. The number of fused-ring (bicyclic) bond motifs is 2. The first-order valence-corrected chi connectivity index (χ1v) is 10.6. The van der Waals surface area contributed by atoms with Gasteiger partial charge in [-0.2, -0.15) is 18.3 Å². The molecule has 0 aliphatic carbocycles. The summed E-state index contributed by atoms with van der Waals surface area (Å²) >= 11 is 0. The summed E-state index contributed by atoms with van der Waals surface area (Å²) in [7, 11) is 0. The summed E-state index contributed by atoms with van der Waals surface area (Å²) in [6.45, 7) is -0.381. The van der Waals surface area contributed by atoms with Crippen molar-refractivity contribution in [3.63, 3.8) is 0 Å². The molecule has 0 spiro atoms. The highest BCUT2D eigenvalue weighted by Gasteiger charge is 2.47. The van der Waals surface area contributed by atoms with E-state index in [0.29, 0.717) is 11.1 Å². The summed E-state index contributed by atoms with van der Waals surface area (Å²) in [4.78, 5) is 25.3. The lowest BCUT2D eigenvalue weighted by atomic mass is 9.96. The fraction of sp³-hybridized carbons (Fsp3) is 0.208. The van der Waals surface area contributed by atoms with Crippen molar-refractivity contribution in [1.82, 2.24) is 15.1 Å². The quantitative estimate of drug-likeness (QED) is 0.407. The first-order valence-electron chi connectivity index (χ1n) is 10.6. The van der Waals surface area contributed by atoms with Crippen LogP contribution < -0.4 is 10.6 Å². The Morgan fingerprint density at radius 2 is 1.85 bits per heavy atom. The zero-order chi connectivity index (χ0) is 23.9. The van der Waals surface area contributed by atoms with Crippen molar-refractivity contribution in [2.45, 2.75) is 24.7 Å². The van der Waals surface area contributed by atoms with E-state index < -0.39 is 30.0 Å². The Hall–Kier alpha value is -4.08. The molecule has 1 aliphatic rings. The molecule has 0 saturated heterocycles. The molecule has 1 aliphatic heterocycles. The van der Waals surface area contributed by atoms with Gasteiger partial charge in [-0.15, -0.1) is 0 Å². The number of alkyl halides is 3. The van der Waals surface area contributed by atoms with Gasteiger partial charge in [0.15, 0.2) is 11.8 Å². The van der Waals surface area contributed by atoms with Gasteiger partial charge in [-0.1, -0.05) is 48.5 Å². The Labute approximate surface area is 191 Å². The maximum Gasteiger partial charge on any atom is 0.410 e. The van der Waals surface area contributed by atoms with E-state index in [9.17, 15) is 22.8 Å². The number of nitrogens with one attached hydrogen (secondary N) is 2. The largest absolute Gasteiger partial charge is 0.453 e. The van der Waals surface area contributed by atoms with Gasteiger partial charge in [0.05, 0.1) is 18.8 Å². The van der Waals surface area contributed by atoms with Crippen LogP contribution in [0.1, 0.15) is 45.0 Å². The van der Waals surface area contributed by atoms with Gasteiger partial charge < -0.3 is 15.1 Å². The molecule has 34 heavy (non-hydrogen) atoms. The predicted octanol–water partition coefficient (Wildman–Crippen LogP) is 4.90. The SMILES string of the molecule is O=C(CNC(=O)c1cnn2c1NC(c1ccccc1)CC2C(F)(F)F)c1cc2ccccc2o1. The number of halogens is 3. The Morgan fingerprint density at radius 1 is 1.12 bits per heavy atom. The summed E-state index contributed by atoms with van der Waals surface area (Å²) in [6.07, 6.45) is -3.75. The van der Waals surface area contributed by atoms with Crippen LogP contribution in [0.15, 0.2) is 71.3 Å². The number of amides is 1. The van der Waals surface area contributed by atoms with Gasteiger partial charge in [0.25, 0.3) is 5.91 Å². The van der Waals surface area contributed by atoms with Gasteiger partial charge in [0, 0.05) is 11.8 Å². The second-order valence-electron chi connectivity index (χ2n) is 8.01. The normalized spacial score (nSPS) is 17.7. The van der Waals surface area contributed by atoms with Crippen LogP contribution in [-0.2, 0) is 0 Å².